The third-order valence-electron chi connectivity index (χ3n) is 5.61. The first-order valence-electron chi connectivity index (χ1n) is 10.7. The van der Waals surface area contributed by atoms with Crippen LogP contribution in [0.15, 0.2) is 66.2 Å². The predicted molar refractivity (Wildman–Crippen MR) is 132 cm³/mol. The number of para-hydroxylation sites is 2. The van der Waals surface area contributed by atoms with Crippen molar-refractivity contribution in [3.8, 4) is 17.6 Å². The molecule has 0 bridgehead atoms. The van der Waals surface area contributed by atoms with Crippen molar-refractivity contribution in [2.45, 2.75) is 13.0 Å². The maximum atomic E-state index is 13.1. The molecule has 0 saturated carbocycles. The van der Waals surface area contributed by atoms with E-state index in [-0.39, 0.29) is 34.4 Å². The van der Waals surface area contributed by atoms with Gasteiger partial charge >= 0.3 is 0 Å². The Morgan fingerprint density at radius 1 is 1.23 bits per heavy atom. The number of methoxy groups -OCH3 is 1. The number of ether oxygens (including phenoxy) is 2. The van der Waals surface area contributed by atoms with Crippen LogP contribution in [0.25, 0.3) is 6.08 Å². The first-order chi connectivity index (χ1) is 16.9. The number of nitro benzene ring substituents is 1. The van der Waals surface area contributed by atoms with Gasteiger partial charge in [0.15, 0.2) is 11.5 Å². The van der Waals surface area contributed by atoms with Crippen LogP contribution in [-0.4, -0.2) is 24.5 Å². The normalized spacial score (nSPS) is 12.6. The molecule has 3 aromatic carbocycles. The molecule has 1 heterocycles. The molecule has 9 heteroatoms. The van der Waals surface area contributed by atoms with Gasteiger partial charge < -0.3 is 14.4 Å². The van der Waals surface area contributed by atoms with Gasteiger partial charge in [-0.25, -0.2) is 0 Å². The van der Waals surface area contributed by atoms with Crippen molar-refractivity contribution in [3.05, 3.63) is 98.1 Å². The Morgan fingerprint density at radius 2 is 1.97 bits per heavy atom. The third kappa shape index (κ3) is 4.95. The monoisotopic (exact) mass is 489 g/mol. The molecule has 0 aromatic heterocycles. The summed E-state index contributed by atoms with van der Waals surface area (Å²) in [7, 11) is 1.43. The second-order valence-electron chi connectivity index (χ2n) is 7.71. The van der Waals surface area contributed by atoms with Gasteiger partial charge in [-0.15, -0.1) is 0 Å². The number of nitro groups is 1. The first-order valence-corrected chi connectivity index (χ1v) is 11.0. The Bertz CT molecular complexity index is 1380. The lowest BCUT2D eigenvalue weighted by Crippen LogP contribution is -2.29. The summed E-state index contributed by atoms with van der Waals surface area (Å²) < 4.78 is 11.2. The molecule has 176 valence electrons. The SMILES string of the molecule is COc1cc(C=C(C#N)C(=O)N2CCc3ccccc32)cc(Cl)c1OCc1ccccc1[N+](=O)[O-]. The number of fused-ring (bicyclic) bond motifs is 1. The number of nitrogens with zero attached hydrogens (tertiary/aromatic N) is 3. The van der Waals surface area contributed by atoms with E-state index in [4.69, 9.17) is 21.1 Å². The lowest BCUT2D eigenvalue weighted by atomic mass is 10.1. The van der Waals surface area contributed by atoms with Crippen molar-refractivity contribution in [2.24, 2.45) is 0 Å². The van der Waals surface area contributed by atoms with Crippen LogP contribution in [0.5, 0.6) is 11.5 Å². The van der Waals surface area contributed by atoms with E-state index in [1.54, 1.807) is 35.2 Å². The fourth-order valence-electron chi connectivity index (χ4n) is 3.93. The van der Waals surface area contributed by atoms with Gasteiger partial charge in [0.25, 0.3) is 11.6 Å². The summed E-state index contributed by atoms with van der Waals surface area (Å²) in [5.74, 6) is 0.0608. The lowest BCUT2D eigenvalue weighted by molar-refractivity contribution is -0.385. The largest absolute Gasteiger partial charge is 0.493 e. The topological polar surface area (TPSA) is 106 Å². The molecule has 0 atom stereocenters. The highest BCUT2D eigenvalue weighted by Crippen LogP contribution is 2.38. The summed E-state index contributed by atoms with van der Waals surface area (Å²) in [4.78, 5) is 25.4. The zero-order valence-corrected chi connectivity index (χ0v) is 19.5. The maximum absolute atomic E-state index is 13.1. The Balaban J connectivity index is 1.59. The summed E-state index contributed by atoms with van der Waals surface area (Å²) in [5, 5.41) is 21.1. The smallest absolute Gasteiger partial charge is 0.276 e. The van der Waals surface area contributed by atoms with Gasteiger partial charge in [0.1, 0.15) is 18.2 Å². The maximum Gasteiger partial charge on any atom is 0.276 e. The average molecular weight is 490 g/mol. The van der Waals surface area contributed by atoms with Crippen molar-refractivity contribution in [1.29, 1.82) is 5.26 Å². The standard InChI is InChI=1S/C26H20ClN3O5/c1-34-24-14-17(12-20(15-28)26(31)29-11-10-18-6-2-4-8-22(18)29)13-21(27)25(24)35-16-19-7-3-5-9-23(19)30(32)33/h2-9,12-14H,10-11,16H2,1H3. The fraction of sp³-hybridized carbons (Fsp3) is 0.154. The molecule has 3 aromatic rings. The number of rotatable bonds is 7. The number of amides is 1. The van der Waals surface area contributed by atoms with Crippen LogP contribution in [0.4, 0.5) is 11.4 Å². The van der Waals surface area contributed by atoms with Gasteiger partial charge in [0, 0.05) is 18.3 Å². The highest BCUT2D eigenvalue weighted by Gasteiger charge is 2.27. The van der Waals surface area contributed by atoms with Gasteiger partial charge in [-0.1, -0.05) is 41.9 Å². The van der Waals surface area contributed by atoms with Crippen molar-refractivity contribution in [3.63, 3.8) is 0 Å². The summed E-state index contributed by atoms with van der Waals surface area (Å²) in [6.07, 6.45) is 2.18. The molecule has 0 saturated heterocycles. The molecule has 4 rings (SSSR count). The zero-order valence-electron chi connectivity index (χ0n) is 18.7. The third-order valence-corrected chi connectivity index (χ3v) is 5.89. The second-order valence-corrected chi connectivity index (χ2v) is 8.12. The van der Waals surface area contributed by atoms with Crippen LogP contribution in [-0.2, 0) is 17.8 Å². The van der Waals surface area contributed by atoms with Crippen molar-refractivity contribution in [2.75, 3.05) is 18.6 Å². The quantitative estimate of drug-likeness (QED) is 0.192. The van der Waals surface area contributed by atoms with Gasteiger partial charge in [0.05, 0.1) is 22.6 Å². The molecule has 35 heavy (non-hydrogen) atoms. The van der Waals surface area contributed by atoms with E-state index in [1.807, 2.05) is 30.3 Å². The molecular formula is C26H20ClN3O5. The number of carbonyl (C=O) groups is 1. The van der Waals surface area contributed by atoms with Crippen LogP contribution >= 0.6 is 11.6 Å². The van der Waals surface area contributed by atoms with Crippen molar-refractivity contribution in [1.82, 2.24) is 0 Å². The molecule has 0 aliphatic carbocycles. The Hall–Kier alpha value is -4.35. The number of anilines is 1. The highest BCUT2D eigenvalue weighted by molar-refractivity contribution is 6.32. The molecule has 1 aliphatic rings. The number of hydrogen-bond acceptors (Lipinski definition) is 6. The predicted octanol–water partition coefficient (Wildman–Crippen LogP) is 5.33. The highest BCUT2D eigenvalue weighted by atomic mass is 35.5. The van der Waals surface area contributed by atoms with E-state index in [9.17, 15) is 20.2 Å². The molecule has 0 unspecified atom stereocenters. The molecule has 0 radical (unpaired) electrons. The van der Waals surface area contributed by atoms with Gasteiger partial charge in [-0.2, -0.15) is 5.26 Å². The molecule has 1 aliphatic heterocycles. The van der Waals surface area contributed by atoms with Gasteiger partial charge in [-0.3, -0.25) is 14.9 Å². The average Bonchev–Trinajstić information content (AvgIpc) is 3.30. The van der Waals surface area contributed by atoms with E-state index in [0.29, 0.717) is 17.7 Å². The summed E-state index contributed by atoms with van der Waals surface area (Å²) >= 11 is 6.44. The molecule has 0 spiro atoms. The summed E-state index contributed by atoms with van der Waals surface area (Å²) in [6.45, 7) is 0.401. The van der Waals surface area contributed by atoms with Crippen LogP contribution in [0.3, 0.4) is 0 Å². The number of carbonyl (C=O) groups excluding carboxylic acids is 1. The number of benzene rings is 3. The van der Waals surface area contributed by atoms with E-state index < -0.39 is 10.8 Å². The summed E-state index contributed by atoms with van der Waals surface area (Å²) in [6, 6.07) is 19.0. The number of hydrogen-bond donors (Lipinski definition) is 0. The van der Waals surface area contributed by atoms with E-state index in [1.165, 1.54) is 19.3 Å². The minimum atomic E-state index is -0.482. The minimum Gasteiger partial charge on any atom is -0.493 e. The zero-order chi connectivity index (χ0) is 24.9. The van der Waals surface area contributed by atoms with E-state index in [2.05, 4.69) is 0 Å². The molecule has 0 N–H and O–H groups in total. The van der Waals surface area contributed by atoms with Crippen molar-refractivity contribution >= 4 is 35.0 Å². The van der Waals surface area contributed by atoms with Crippen molar-refractivity contribution < 1.29 is 19.2 Å². The number of halogens is 1. The Morgan fingerprint density at radius 3 is 2.71 bits per heavy atom. The van der Waals surface area contributed by atoms with Gasteiger partial charge in [0.2, 0.25) is 0 Å². The molecule has 1 amide bonds. The minimum absolute atomic E-state index is 0.0478. The van der Waals surface area contributed by atoms with Crippen LogP contribution in [0.1, 0.15) is 16.7 Å². The van der Waals surface area contributed by atoms with Crippen LogP contribution in [0.2, 0.25) is 5.02 Å². The molecular weight excluding hydrogens is 470 g/mol. The summed E-state index contributed by atoms with van der Waals surface area (Å²) in [5.41, 5.74) is 2.59. The van der Waals surface area contributed by atoms with Crippen LogP contribution in [0, 0.1) is 21.4 Å². The first kappa shape index (κ1) is 23.8. The fourth-order valence-corrected chi connectivity index (χ4v) is 4.20. The van der Waals surface area contributed by atoms with E-state index in [0.717, 1.165) is 17.7 Å². The lowest BCUT2D eigenvalue weighted by Gasteiger charge is -2.17. The second kappa shape index (κ2) is 10.3. The van der Waals surface area contributed by atoms with Crippen LogP contribution < -0.4 is 14.4 Å². The van der Waals surface area contributed by atoms with Gasteiger partial charge in [-0.05, 0) is 47.9 Å². The Kier molecular flexibility index (Phi) is 6.99. The molecule has 0 fully saturated rings. The van der Waals surface area contributed by atoms with E-state index >= 15 is 0 Å². The Labute approximate surface area is 206 Å². The number of nitriles is 1. The molecule has 8 nitrogen and oxygen atoms in total.